The number of nitrogens with zero attached hydrogens (tertiary/aromatic N) is 6. The normalized spacial score (nSPS) is 20.7. The summed E-state index contributed by atoms with van der Waals surface area (Å²) in [7, 11) is 0. The third-order valence-corrected chi connectivity index (χ3v) is 10.5. The Morgan fingerprint density at radius 3 is 0.509 bits per heavy atom. The first-order valence-electron chi connectivity index (χ1n) is 20.4. The predicted molar refractivity (Wildman–Crippen MR) is 243 cm³/mol. The Kier molecular flexibility index (Phi) is 43.5. The van der Waals surface area contributed by atoms with Crippen LogP contribution in [0.2, 0.25) is 0 Å². The van der Waals surface area contributed by atoms with Crippen LogP contribution in [0.1, 0.15) is 172 Å². The summed E-state index contributed by atoms with van der Waals surface area (Å²) in [5.74, 6) is 0. The molecule has 6 rings (SSSR count). The van der Waals surface area contributed by atoms with Crippen LogP contribution in [-0.2, 0) is 9.47 Å². The predicted octanol–water partition coefficient (Wildman–Crippen LogP) is 10.5. The second-order valence-electron chi connectivity index (χ2n) is 16.2. The molecular formula is C45H106N6O2. The van der Waals surface area contributed by atoms with Gasteiger partial charge in [-0.2, -0.15) is 0 Å². The molecule has 6 fully saturated rings. The van der Waals surface area contributed by atoms with Gasteiger partial charge in [-0.05, 0) is 187 Å². The maximum atomic E-state index is 5.14. The average molecular weight is 763 g/mol. The van der Waals surface area contributed by atoms with Crippen molar-refractivity contribution in [1.29, 1.82) is 0 Å². The first-order valence-corrected chi connectivity index (χ1v) is 20.4. The van der Waals surface area contributed by atoms with Crippen molar-refractivity contribution in [2.45, 2.75) is 208 Å². The van der Waals surface area contributed by atoms with Gasteiger partial charge >= 0.3 is 0 Å². The van der Waals surface area contributed by atoms with E-state index in [0.717, 1.165) is 63.9 Å². The summed E-state index contributed by atoms with van der Waals surface area (Å²) < 4.78 is 10.3. The zero-order valence-corrected chi connectivity index (χ0v) is 34.5. The van der Waals surface area contributed by atoms with E-state index >= 15 is 0 Å². The van der Waals surface area contributed by atoms with Crippen LogP contribution in [0.5, 0.6) is 0 Å². The Balaban J connectivity index is -0.000000171. The van der Waals surface area contributed by atoms with Gasteiger partial charge in [0.2, 0.25) is 0 Å². The fourth-order valence-corrected chi connectivity index (χ4v) is 6.70. The van der Waals surface area contributed by atoms with Gasteiger partial charge in [-0.3, -0.25) is 9.80 Å². The molecule has 8 nitrogen and oxygen atoms in total. The van der Waals surface area contributed by atoms with Crippen molar-refractivity contribution in [2.75, 3.05) is 92.1 Å². The molecule has 0 bridgehead atoms. The third kappa shape index (κ3) is 29.6. The second kappa shape index (κ2) is 37.3. The highest BCUT2D eigenvalue weighted by Crippen LogP contribution is 2.12. The lowest BCUT2D eigenvalue weighted by Gasteiger charge is -2.18. The van der Waals surface area contributed by atoms with Gasteiger partial charge in [-0.25, -0.2) is 0 Å². The maximum absolute atomic E-state index is 5.14. The van der Waals surface area contributed by atoms with Crippen LogP contribution in [-0.4, -0.2) is 158 Å². The molecule has 0 spiro atoms. The lowest BCUT2D eigenvalue weighted by molar-refractivity contribution is 0.124. The molecule has 0 unspecified atom stereocenters. The molecule has 8 heteroatoms. The lowest BCUT2D eigenvalue weighted by atomic mass is 10.3. The summed E-state index contributed by atoms with van der Waals surface area (Å²) in [6.45, 7) is 43.3. The van der Waals surface area contributed by atoms with E-state index in [4.69, 9.17) is 9.47 Å². The summed E-state index contributed by atoms with van der Waals surface area (Å²) >= 11 is 0. The van der Waals surface area contributed by atoms with E-state index in [0.29, 0.717) is 12.1 Å². The van der Waals surface area contributed by atoms with Crippen LogP contribution in [0.4, 0.5) is 0 Å². The minimum Gasteiger partial charge on any atom is -0.365 e. The molecule has 53 heavy (non-hydrogen) atoms. The highest BCUT2D eigenvalue weighted by molar-refractivity contribution is 4.71. The first-order chi connectivity index (χ1) is 22.8. The monoisotopic (exact) mass is 763 g/mol. The Bertz CT molecular complexity index is 545. The Morgan fingerprint density at radius 2 is 0.434 bits per heavy atom. The van der Waals surface area contributed by atoms with Crippen molar-refractivity contribution >= 4 is 0 Å². The van der Waals surface area contributed by atoms with Gasteiger partial charge in [0.1, 0.15) is 0 Å². The Labute approximate surface area is 338 Å². The van der Waals surface area contributed by atoms with E-state index in [2.05, 4.69) is 112 Å². The summed E-state index contributed by atoms with van der Waals surface area (Å²) in [6, 6.07) is 4.40. The number of hydrogen-bond donors (Lipinski definition) is 0. The van der Waals surface area contributed by atoms with Crippen molar-refractivity contribution in [2.24, 2.45) is 0 Å². The summed E-state index contributed by atoms with van der Waals surface area (Å²) in [5, 5.41) is 0. The standard InChI is InChI=1S/4C7H15N.2C6H13NO.5CH4/c4*1-7(2)8-5-3-4-6-8;2*1-6(2)7-3-4-8-5-7;;;;;/h4*7H,3-6H2,1-2H3;2*6H,3-5H2,1-2H3;5*1H4. The second-order valence-corrected chi connectivity index (χ2v) is 16.2. The number of hydrogen-bond acceptors (Lipinski definition) is 8. The van der Waals surface area contributed by atoms with E-state index in [-0.39, 0.29) is 37.1 Å². The van der Waals surface area contributed by atoms with E-state index < -0.39 is 0 Å². The van der Waals surface area contributed by atoms with Crippen molar-refractivity contribution in [3.05, 3.63) is 0 Å². The van der Waals surface area contributed by atoms with Crippen LogP contribution in [0.25, 0.3) is 0 Å². The van der Waals surface area contributed by atoms with Crippen molar-refractivity contribution in [3.8, 4) is 0 Å². The summed E-state index contributed by atoms with van der Waals surface area (Å²) in [6.07, 6.45) is 11.3. The fraction of sp³-hybridized carbons (Fsp3) is 1.00. The molecule has 6 aliphatic heterocycles. The molecule has 6 aliphatic rings. The SMILES string of the molecule is C.C.C.C.C.CC(C)N1CCCC1.CC(C)N1CCCC1.CC(C)N1CCCC1.CC(C)N1CCCC1.CC(C)N1CCOC1.CC(C)N1CCOC1. The highest BCUT2D eigenvalue weighted by Gasteiger charge is 2.16. The molecule has 6 heterocycles. The molecule has 6 saturated heterocycles. The Morgan fingerprint density at radius 1 is 0.264 bits per heavy atom. The third-order valence-electron chi connectivity index (χ3n) is 10.5. The quantitative estimate of drug-likeness (QED) is 0.265. The summed E-state index contributed by atoms with van der Waals surface area (Å²) in [4.78, 5) is 14.7. The van der Waals surface area contributed by atoms with Crippen LogP contribution in [0.3, 0.4) is 0 Å². The minimum absolute atomic E-state index is 0. The molecule has 0 aliphatic carbocycles. The van der Waals surface area contributed by atoms with Gasteiger partial charge in [0, 0.05) is 49.3 Å². The fourth-order valence-electron chi connectivity index (χ4n) is 6.70. The number of likely N-dealkylation sites (tertiary alicyclic amines) is 4. The zero-order chi connectivity index (χ0) is 35.9. The largest absolute Gasteiger partial charge is 0.365 e. The Hall–Kier alpha value is -0.320. The molecule has 0 amide bonds. The smallest absolute Gasteiger partial charge is 0.0993 e. The molecule has 328 valence electrons. The minimum atomic E-state index is 0. The van der Waals surface area contributed by atoms with Gasteiger partial charge < -0.3 is 29.1 Å². The van der Waals surface area contributed by atoms with E-state index in [1.54, 1.807) is 0 Å². The van der Waals surface area contributed by atoms with Crippen LogP contribution < -0.4 is 0 Å². The number of ether oxygens (including phenoxy) is 2. The van der Waals surface area contributed by atoms with Gasteiger partial charge in [0.15, 0.2) is 0 Å². The number of rotatable bonds is 6. The molecule has 0 atom stereocenters. The van der Waals surface area contributed by atoms with Crippen LogP contribution in [0, 0.1) is 0 Å². The molecule has 0 aromatic heterocycles. The topological polar surface area (TPSA) is 37.9 Å². The van der Waals surface area contributed by atoms with Crippen molar-refractivity contribution in [3.63, 3.8) is 0 Å². The van der Waals surface area contributed by atoms with Gasteiger partial charge in [0.05, 0.1) is 26.7 Å². The van der Waals surface area contributed by atoms with E-state index in [9.17, 15) is 0 Å². The van der Waals surface area contributed by atoms with E-state index in [1.165, 1.54) is 104 Å². The van der Waals surface area contributed by atoms with Crippen molar-refractivity contribution in [1.82, 2.24) is 29.4 Å². The van der Waals surface area contributed by atoms with Crippen LogP contribution >= 0.6 is 0 Å². The zero-order valence-electron chi connectivity index (χ0n) is 34.5. The molecule has 0 aromatic rings. The molecule has 0 radical (unpaired) electrons. The van der Waals surface area contributed by atoms with Gasteiger partial charge in [0.25, 0.3) is 0 Å². The maximum Gasteiger partial charge on any atom is 0.0993 e. The first kappa shape index (κ1) is 61.9. The molecule has 0 saturated carbocycles. The average Bonchev–Trinajstić information content (AvgIpc) is 3.91. The van der Waals surface area contributed by atoms with Gasteiger partial charge in [-0.15, -0.1) is 0 Å². The van der Waals surface area contributed by atoms with Crippen LogP contribution in [0.15, 0.2) is 0 Å². The lowest BCUT2D eigenvalue weighted by Crippen LogP contribution is -2.27. The molecule has 0 aromatic carbocycles. The van der Waals surface area contributed by atoms with Crippen molar-refractivity contribution < 1.29 is 9.47 Å². The molecular weight excluding hydrogens is 657 g/mol. The van der Waals surface area contributed by atoms with Gasteiger partial charge in [-0.1, -0.05) is 37.1 Å². The highest BCUT2D eigenvalue weighted by atomic mass is 16.5. The van der Waals surface area contributed by atoms with E-state index in [1.807, 2.05) is 0 Å². The summed E-state index contributed by atoms with van der Waals surface area (Å²) in [5.41, 5.74) is 0. The molecule has 0 N–H and O–H groups in total.